The highest BCUT2D eigenvalue weighted by Gasteiger charge is 2.24. The first-order valence-electron chi connectivity index (χ1n) is 19.5. The van der Waals surface area contributed by atoms with Gasteiger partial charge >= 0.3 is 5.97 Å². The lowest BCUT2D eigenvalue weighted by Crippen LogP contribution is -2.28. The number of aryl methyl sites for hydroxylation is 6. The van der Waals surface area contributed by atoms with Crippen molar-refractivity contribution in [2.24, 2.45) is 14.1 Å². The van der Waals surface area contributed by atoms with Crippen LogP contribution in [0.15, 0.2) is 72.8 Å². The number of carboxylic acid groups (broad SMARTS) is 1. The van der Waals surface area contributed by atoms with Gasteiger partial charge in [0.15, 0.2) is 0 Å². The van der Waals surface area contributed by atoms with Crippen molar-refractivity contribution < 1.29 is 14.6 Å². The second kappa shape index (κ2) is 18.1. The molecule has 2 aromatic heterocycles. The second-order valence-electron chi connectivity index (χ2n) is 15.1. The number of hydrogen-bond donors (Lipinski definition) is 3. The lowest BCUT2D eigenvalue weighted by molar-refractivity contribution is 0.0687. The third kappa shape index (κ3) is 9.09. The minimum atomic E-state index is -1.000. The number of fused-ring (bicyclic) bond motifs is 1. The normalized spacial score (nSPS) is 12.4. The number of rotatable bonds is 16. The summed E-state index contributed by atoms with van der Waals surface area (Å²) in [6.45, 7) is 11.5. The van der Waals surface area contributed by atoms with Crippen molar-refractivity contribution in [2.75, 3.05) is 18.9 Å². The maximum Gasteiger partial charge on any atom is 0.352 e. The molecular weight excluding hydrogens is 753 g/mol. The number of ether oxygens (including phenoxy) is 1. The number of nitrogens with one attached hydrogen (secondary N) is 2. The fraction of sp³-hybridized carbons (Fsp3) is 0.319. The molecule has 6 aromatic rings. The van der Waals surface area contributed by atoms with E-state index in [-0.39, 0.29) is 11.7 Å². The second-order valence-corrected chi connectivity index (χ2v) is 15.9. The molecule has 8 nitrogen and oxygen atoms in total. The van der Waals surface area contributed by atoms with Crippen LogP contribution in [0.1, 0.15) is 81.4 Å². The standard InChI is InChI=1S/C47H53Cl2N5O3/c1-28-22-34(23-29(2)44(28)49)16-12-13-17-35(37-19-20-39(48)43(45(37)51-30(3)26-50-6)42-31(4)52-54(8)32(42)5)24-36-18-21-41(57-27-33-14-10-9-11-15-33)46-38(36)25-40(47(55)56)53(46)7/h9-11,14-15,18-25,30,50-51H,12-13,16-17,26-27H2,1-8H3,(H,55,56)/b35-24+/t30-/m1/s1. The summed E-state index contributed by atoms with van der Waals surface area (Å²) in [7, 11) is 5.69. The Kier molecular flexibility index (Phi) is 13.2. The first-order chi connectivity index (χ1) is 27.3. The highest BCUT2D eigenvalue weighted by Crippen LogP contribution is 2.45. The van der Waals surface area contributed by atoms with Crippen LogP contribution in [0.25, 0.3) is 33.7 Å². The fourth-order valence-corrected chi connectivity index (χ4v) is 8.27. The molecule has 0 bridgehead atoms. The van der Waals surface area contributed by atoms with Crippen LogP contribution in [0.5, 0.6) is 5.75 Å². The van der Waals surface area contributed by atoms with Gasteiger partial charge in [0.2, 0.25) is 0 Å². The SMILES string of the molecule is CNC[C@@H](C)Nc1c(/C(=C/c2ccc(OCc3ccccc3)c3c2cc(C(=O)O)n3C)CCCCc2cc(C)c(Cl)c(C)c2)ccc(Cl)c1-c1c(C)nn(C)c1C. The van der Waals surface area contributed by atoms with Gasteiger partial charge in [-0.1, -0.05) is 83.9 Å². The molecule has 0 fully saturated rings. The summed E-state index contributed by atoms with van der Waals surface area (Å²) < 4.78 is 9.99. The Morgan fingerprint density at radius 3 is 2.30 bits per heavy atom. The maximum atomic E-state index is 12.5. The molecule has 1 atom stereocenters. The third-order valence-corrected chi connectivity index (χ3v) is 11.7. The fourth-order valence-electron chi connectivity index (χ4n) is 7.91. The predicted octanol–water partition coefficient (Wildman–Crippen LogP) is 11.4. The summed E-state index contributed by atoms with van der Waals surface area (Å²) in [5, 5.41) is 24.5. The predicted molar refractivity (Wildman–Crippen MR) is 237 cm³/mol. The maximum absolute atomic E-state index is 12.5. The van der Waals surface area contributed by atoms with E-state index in [1.165, 1.54) is 5.56 Å². The van der Waals surface area contributed by atoms with E-state index in [0.717, 1.165) is 110 Å². The lowest BCUT2D eigenvalue weighted by Gasteiger charge is -2.24. The average molecular weight is 807 g/mol. The molecule has 3 N–H and O–H groups in total. The van der Waals surface area contributed by atoms with Gasteiger partial charge in [0.05, 0.1) is 21.9 Å². The number of likely N-dealkylation sites (N-methyl/N-ethyl adjacent to an activating group) is 1. The molecule has 0 radical (unpaired) electrons. The van der Waals surface area contributed by atoms with Crippen molar-refractivity contribution in [1.82, 2.24) is 19.7 Å². The molecular formula is C47H53Cl2N5O3. The van der Waals surface area contributed by atoms with Crippen molar-refractivity contribution >= 4 is 57.4 Å². The molecule has 0 aliphatic rings. The molecule has 0 aliphatic carbocycles. The Labute approximate surface area is 346 Å². The van der Waals surface area contributed by atoms with Crippen LogP contribution in [0.4, 0.5) is 5.69 Å². The molecule has 0 unspecified atom stereocenters. The zero-order valence-electron chi connectivity index (χ0n) is 34.2. The summed E-state index contributed by atoms with van der Waals surface area (Å²) >= 11 is 13.7. The first kappa shape index (κ1) is 41.6. The Bertz CT molecular complexity index is 2420. The number of aromatic nitrogens is 3. The number of anilines is 1. The highest BCUT2D eigenvalue weighted by molar-refractivity contribution is 6.34. The Hall–Kier alpha value is -5.02. The van der Waals surface area contributed by atoms with Crippen LogP contribution in [-0.2, 0) is 27.1 Å². The Morgan fingerprint density at radius 2 is 1.65 bits per heavy atom. The molecule has 0 saturated heterocycles. The van der Waals surface area contributed by atoms with Crippen molar-refractivity contribution in [2.45, 2.75) is 73.0 Å². The van der Waals surface area contributed by atoms with Gasteiger partial charge in [-0.25, -0.2) is 4.79 Å². The Morgan fingerprint density at radius 1 is 0.930 bits per heavy atom. The quantitative estimate of drug-likeness (QED) is 0.0666. The van der Waals surface area contributed by atoms with Gasteiger partial charge in [0, 0.05) is 59.5 Å². The molecule has 10 heteroatoms. The van der Waals surface area contributed by atoms with Crippen molar-refractivity contribution in [3.05, 3.63) is 133 Å². The summed E-state index contributed by atoms with van der Waals surface area (Å²) in [5.74, 6) is -0.379. The van der Waals surface area contributed by atoms with Gasteiger partial charge in [-0.15, -0.1) is 0 Å². The molecule has 0 saturated carbocycles. The van der Waals surface area contributed by atoms with E-state index in [1.807, 2.05) is 74.2 Å². The number of hydrogen-bond acceptors (Lipinski definition) is 5. The van der Waals surface area contributed by atoms with E-state index in [2.05, 4.69) is 62.6 Å². The van der Waals surface area contributed by atoms with Gasteiger partial charge < -0.3 is 25.0 Å². The van der Waals surface area contributed by atoms with Crippen LogP contribution in [-0.4, -0.2) is 45.1 Å². The van der Waals surface area contributed by atoms with E-state index in [9.17, 15) is 9.90 Å². The van der Waals surface area contributed by atoms with Crippen LogP contribution in [0, 0.1) is 27.7 Å². The number of benzene rings is 4. The zero-order valence-corrected chi connectivity index (χ0v) is 35.7. The number of unbranched alkanes of at least 4 members (excludes halogenated alkanes) is 1. The van der Waals surface area contributed by atoms with Gasteiger partial charge in [-0.3, -0.25) is 4.68 Å². The van der Waals surface area contributed by atoms with E-state index in [1.54, 1.807) is 17.7 Å². The van der Waals surface area contributed by atoms with Gasteiger partial charge in [-0.2, -0.15) is 5.10 Å². The topological polar surface area (TPSA) is 93.3 Å². The summed E-state index contributed by atoms with van der Waals surface area (Å²) in [6, 6.07) is 24.3. The molecule has 4 aromatic carbocycles. The number of aromatic carboxylic acids is 1. The lowest BCUT2D eigenvalue weighted by atomic mass is 9.90. The third-order valence-electron chi connectivity index (χ3n) is 10.8. The molecule has 298 valence electrons. The van der Waals surface area contributed by atoms with Gasteiger partial charge in [-0.05, 0) is 119 Å². The number of carboxylic acids is 1. The Balaban J connectivity index is 1.51. The minimum Gasteiger partial charge on any atom is -0.487 e. The van der Waals surface area contributed by atoms with Crippen molar-refractivity contribution in [3.63, 3.8) is 0 Å². The van der Waals surface area contributed by atoms with Gasteiger partial charge in [0.1, 0.15) is 18.1 Å². The average Bonchev–Trinajstić information content (AvgIpc) is 3.66. The number of allylic oxidation sites excluding steroid dienone is 1. The van der Waals surface area contributed by atoms with Crippen LogP contribution >= 0.6 is 23.2 Å². The molecule has 0 aliphatic heterocycles. The molecule has 2 heterocycles. The number of halogens is 2. The largest absolute Gasteiger partial charge is 0.487 e. The smallest absolute Gasteiger partial charge is 0.352 e. The van der Waals surface area contributed by atoms with E-state index >= 15 is 0 Å². The zero-order chi connectivity index (χ0) is 41.0. The monoisotopic (exact) mass is 805 g/mol. The van der Waals surface area contributed by atoms with Crippen molar-refractivity contribution in [1.29, 1.82) is 0 Å². The molecule has 57 heavy (non-hydrogen) atoms. The summed E-state index contributed by atoms with van der Waals surface area (Å²) in [6.07, 6.45) is 5.79. The van der Waals surface area contributed by atoms with Crippen molar-refractivity contribution in [3.8, 4) is 16.9 Å². The molecule has 0 spiro atoms. The van der Waals surface area contributed by atoms with Crippen LogP contribution in [0.3, 0.4) is 0 Å². The van der Waals surface area contributed by atoms with E-state index < -0.39 is 5.97 Å². The van der Waals surface area contributed by atoms with Crippen LogP contribution in [0.2, 0.25) is 10.0 Å². The van der Waals surface area contributed by atoms with E-state index in [4.69, 9.17) is 33.0 Å². The van der Waals surface area contributed by atoms with Gasteiger partial charge in [0.25, 0.3) is 0 Å². The number of carbonyl (C=O) groups is 1. The minimum absolute atomic E-state index is 0.0703. The first-order valence-corrected chi connectivity index (χ1v) is 20.3. The summed E-state index contributed by atoms with van der Waals surface area (Å²) in [4.78, 5) is 12.5. The number of nitrogens with zero attached hydrogens (tertiary/aromatic N) is 3. The molecule has 0 amide bonds. The highest BCUT2D eigenvalue weighted by atomic mass is 35.5. The van der Waals surface area contributed by atoms with Crippen LogP contribution < -0.4 is 15.4 Å². The molecule has 6 rings (SSSR count). The van der Waals surface area contributed by atoms with E-state index in [0.29, 0.717) is 17.4 Å². The summed E-state index contributed by atoms with van der Waals surface area (Å²) in [5.41, 5.74) is 13.2.